The fraction of sp³-hybridized carbons (Fsp3) is 0.125. The number of pyridine rings is 1. The number of benzene rings is 2. The molecular weight excluding hydrogens is 382 g/mol. The number of hydrogen-bond acceptors (Lipinski definition) is 6. The lowest BCUT2D eigenvalue weighted by atomic mass is 9.85. The van der Waals surface area contributed by atoms with E-state index < -0.39 is 0 Å². The number of carbonyl (C=O) groups is 2. The Morgan fingerprint density at radius 3 is 2.50 bits per heavy atom. The first-order valence-corrected chi connectivity index (χ1v) is 9.50. The fourth-order valence-electron chi connectivity index (χ4n) is 3.84. The first-order chi connectivity index (χ1) is 14.6. The summed E-state index contributed by atoms with van der Waals surface area (Å²) in [4.78, 5) is 29.2. The molecule has 6 heteroatoms. The van der Waals surface area contributed by atoms with Gasteiger partial charge in [-0.25, -0.2) is 0 Å². The molecule has 0 aliphatic carbocycles. The number of carbonyl (C=O) groups excluding carboxylic acids is 2. The molecule has 30 heavy (non-hydrogen) atoms. The van der Waals surface area contributed by atoms with Gasteiger partial charge in [0.2, 0.25) is 5.78 Å². The van der Waals surface area contributed by atoms with Crippen molar-refractivity contribution in [1.82, 2.24) is 4.98 Å². The second kappa shape index (κ2) is 7.15. The number of ketones is 1. The van der Waals surface area contributed by atoms with Crippen molar-refractivity contribution in [3.63, 3.8) is 0 Å². The monoisotopic (exact) mass is 399 g/mol. The summed E-state index contributed by atoms with van der Waals surface area (Å²) in [5.74, 6) is 1.05. The van der Waals surface area contributed by atoms with Crippen LogP contribution in [-0.2, 0) is 4.79 Å². The van der Waals surface area contributed by atoms with Crippen molar-refractivity contribution in [2.75, 3.05) is 7.11 Å². The minimum absolute atomic E-state index is 0.169. The van der Waals surface area contributed by atoms with Gasteiger partial charge in [0.05, 0.1) is 19.1 Å². The zero-order valence-corrected chi connectivity index (χ0v) is 16.1. The summed E-state index contributed by atoms with van der Waals surface area (Å²) < 4.78 is 16.7. The van der Waals surface area contributed by atoms with Crippen molar-refractivity contribution in [3.05, 3.63) is 88.9 Å². The highest BCUT2D eigenvalue weighted by Gasteiger charge is 2.38. The van der Waals surface area contributed by atoms with Crippen LogP contribution in [0.15, 0.2) is 66.7 Å². The maximum absolute atomic E-state index is 13.0. The third-order valence-corrected chi connectivity index (χ3v) is 5.30. The predicted octanol–water partition coefficient (Wildman–Crippen LogP) is 4.15. The van der Waals surface area contributed by atoms with Gasteiger partial charge in [-0.2, -0.15) is 0 Å². The highest BCUT2D eigenvalue weighted by molar-refractivity contribution is 6.15. The van der Waals surface area contributed by atoms with Gasteiger partial charge in [0, 0.05) is 23.9 Å². The third kappa shape index (κ3) is 3.03. The molecule has 0 saturated heterocycles. The topological polar surface area (TPSA) is 74.7 Å². The van der Waals surface area contributed by atoms with Gasteiger partial charge in [0.25, 0.3) is 0 Å². The van der Waals surface area contributed by atoms with Crippen LogP contribution < -0.4 is 14.2 Å². The Balaban J connectivity index is 1.58. The van der Waals surface area contributed by atoms with Crippen LogP contribution in [0.3, 0.4) is 0 Å². The predicted molar refractivity (Wildman–Crippen MR) is 109 cm³/mol. The van der Waals surface area contributed by atoms with E-state index >= 15 is 0 Å². The van der Waals surface area contributed by atoms with E-state index in [9.17, 15) is 9.59 Å². The highest BCUT2D eigenvalue weighted by atomic mass is 16.5. The Kier molecular flexibility index (Phi) is 4.32. The van der Waals surface area contributed by atoms with E-state index in [1.807, 2.05) is 36.4 Å². The van der Waals surface area contributed by atoms with Gasteiger partial charge in [-0.3, -0.25) is 14.6 Å². The molecule has 0 spiro atoms. The Hall–Kier alpha value is -3.93. The first-order valence-electron chi connectivity index (χ1n) is 9.50. The van der Waals surface area contributed by atoms with Gasteiger partial charge in [-0.15, -0.1) is 0 Å². The standard InChI is InChI=1S/C24H17NO5/c1-28-16-4-2-14(3-5-16)12-20-23(27)17-6-7-19-22(24(17)30-20)18(13-21(26)29-19)15-8-10-25-11-9-15/h2-12,18H,13H2,1H3/b20-12-. The van der Waals surface area contributed by atoms with Gasteiger partial charge >= 0.3 is 5.97 Å². The molecule has 2 aliphatic heterocycles. The molecule has 6 nitrogen and oxygen atoms in total. The van der Waals surface area contributed by atoms with Crippen molar-refractivity contribution < 1.29 is 23.8 Å². The molecule has 0 fully saturated rings. The smallest absolute Gasteiger partial charge is 0.312 e. The van der Waals surface area contributed by atoms with Crippen molar-refractivity contribution in [2.45, 2.75) is 12.3 Å². The van der Waals surface area contributed by atoms with E-state index in [0.717, 1.165) is 16.9 Å². The van der Waals surface area contributed by atoms with E-state index in [1.54, 1.807) is 37.7 Å². The summed E-state index contributed by atoms with van der Waals surface area (Å²) in [6, 6.07) is 14.4. The third-order valence-electron chi connectivity index (χ3n) is 5.30. The number of methoxy groups -OCH3 is 1. The summed E-state index contributed by atoms with van der Waals surface area (Å²) in [6.07, 6.45) is 5.23. The normalized spacial score (nSPS) is 18.4. The quantitative estimate of drug-likeness (QED) is 0.374. The van der Waals surface area contributed by atoms with Crippen LogP contribution >= 0.6 is 0 Å². The van der Waals surface area contributed by atoms with Gasteiger partial charge in [-0.1, -0.05) is 12.1 Å². The number of nitrogens with zero attached hydrogens (tertiary/aromatic N) is 1. The molecule has 5 rings (SSSR count). The lowest BCUT2D eigenvalue weighted by Gasteiger charge is -2.26. The summed E-state index contributed by atoms with van der Waals surface area (Å²) in [5, 5.41) is 0. The number of ether oxygens (including phenoxy) is 3. The summed E-state index contributed by atoms with van der Waals surface area (Å²) in [6.45, 7) is 0. The number of allylic oxidation sites excluding steroid dienone is 1. The van der Waals surface area contributed by atoms with Crippen LogP contribution in [0.4, 0.5) is 0 Å². The molecule has 0 saturated carbocycles. The van der Waals surface area contributed by atoms with E-state index in [1.165, 1.54) is 0 Å². The van der Waals surface area contributed by atoms with E-state index in [0.29, 0.717) is 22.6 Å². The molecule has 2 aliphatic rings. The molecule has 1 unspecified atom stereocenters. The minimum atomic E-state index is -0.317. The van der Waals surface area contributed by atoms with Crippen molar-refractivity contribution >= 4 is 17.8 Å². The molecule has 0 radical (unpaired) electrons. The number of fused-ring (bicyclic) bond motifs is 3. The van der Waals surface area contributed by atoms with Gasteiger partial charge in [0.1, 0.15) is 17.2 Å². The lowest BCUT2D eigenvalue weighted by Crippen LogP contribution is -2.21. The average Bonchev–Trinajstić information content (AvgIpc) is 3.09. The van der Waals surface area contributed by atoms with E-state index in [-0.39, 0.29) is 29.9 Å². The Bertz CT molecular complexity index is 1180. The number of esters is 1. The summed E-state index contributed by atoms with van der Waals surface area (Å²) in [7, 11) is 1.60. The molecule has 0 N–H and O–H groups in total. The molecule has 1 atom stereocenters. The van der Waals surface area contributed by atoms with Crippen LogP contribution in [0.25, 0.3) is 6.08 Å². The molecule has 0 bridgehead atoms. The Morgan fingerprint density at radius 2 is 1.77 bits per heavy atom. The average molecular weight is 399 g/mol. The molecule has 2 aromatic carbocycles. The SMILES string of the molecule is COc1ccc(/C=C2\Oc3c(ccc4c3C(c3ccncc3)CC(=O)O4)C2=O)cc1. The first kappa shape index (κ1) is 18.1. The van der Waals surface area contributed by atoms with Gasteiger partial charge in [-0.05, 0) is 53.6 Å². The van der Waals surface area contributed by atoms with Crippen molar-refractivity contribution in [3.8, 4) is 17.2 Å². The zero-order valence-electron chi connectivity index (χ0n) is 16.1. The fourth-order valence-corrected chi connectivity index (χ4v) is 3.84. The molecule has 3 heterocycles. The molecule has 0 amide bonds. The second-order valence-electron chi connectivity index (χ2n) is 7.08. The number of aromatic nitrogens is 1. The largest absolute Gasteiger partial charge is 0.497 e. The Labute approximate surface area is 172 Å². The van der Waals surface area contributed by atoms with Crippen LogP contribution in [0.1, 0.15) is 39.4 Å². The van der Waals surface area contributed by atoms with Gasteiger partial charge < -0.3 is 14.2 Å². The number of rotatable bonds is 3. The van der Waals surface area contributed by atoms with Crippen molar-refractivity contribution in [2.24, 2.45) is 0 Å². The van der Waals surface area contributed by atoms with E-state index in [2.05, 4.69) is 4.98 Å². The van der Waals surface area contributed by atoms with Gasteiger partial charge in [0.15, 0.2) is 5.76 Å². The van der Waals surface area contributed by atoms with Crippen LogP contribution in [-0.4, -0.2) is 23.8 Å². The molecule has 3 aromatic rings. The molecular formula is C24H17NO5. The van der Waals surface area contributed by atoms with Crippen LogP contribution in [0.2, 0.25) is 0 Å². The molecule has 148 valence electrons. The lowest BCUT2D eigenvalue weighted by molar-refractivity contribution is -0.135. The molecule has 1 aromatic heterocycles. The van der Waals surface area contributed by atoms with Crippen LogP contribution in [0.5, 0.6) is 17.2 Å². The highest BCUT2D eigenvalue weighted by Crippen LogP contribution is 2.48. The number of Topliss-reactive ketones (excluding diaryl/α,β-unsaturated/α-hetero) is 1. The maximum Gasteiger partial charge on any atom is 0.312 e. The number of hydrogen-bond donors (Lipinski definition) is 0. The van der Waals surface area contributed by atoms with E-state index in [4.69, 9.17) is 14.2 Å². The summed E-state index contributed by atoms with van der Waals surface area (Å²) >= 11 is 0. The maximum atomic E-state index is 13.0. The summed E-state index contributed by atoms with van der Waals surface area (Å²) in [5.41, 5.74) is 2.91. The minimum Gasteiger partial charge on any atom is -0.497 e. The zero-order chi connectivity index (χ0) is 20.7. The van der Waals surface area contributed by atoms with Crippen LogP contribution in [0, 0.1) is 0 Å². The second-order valence-corrected chi connectivity index (χ2v) is 7.08. The van der Waals surface area contributed by atoms with Crippen molar-refractivity contribution in [1.29, 1.82) is 0 Å². The Morgan fingerprint density at radius 1 is 1.00 bits per heavy atom.